The van der Waals surface area contributed by atoms with Gasteiger partial charge in [-0.05, 0) is 0 Å². The van der Waals surface area contributed by atoms with E-state index in [-0.39, 0.29) is 0 Å². The van der Waals surface area contributed by atoms with Crippen molar-refractivity contribution in [1.29, 1.82) is 0 Å². The van der Waals surface area contributed by atoms with Crippen molar-refractivity contribution in [1.82, 2.24) is 0 Å². The van der Waals surface area contributed by atoms with Gasteiger partial charge >= 0.3 is 0 Å². The van der Waals surface area contributed by atoms with Crippen molar-refractivity contribution >= 4 is 17.3 Å². The van der Waals surface area contributed by atoms with Crippen LogP contribution in [-0.4, -0.2) is 12.1 Å². The Labute approximate surface area is 46.8 Å². The summed E-state index contributed by atoms with van der Waals surface area (Å²) < 4.78 is 0. The molecule has 0 spiro atoms. The maximum atomic E-state index is 3.93. The summed E-state index contributed by atoms with van der Waals surface area (Å²) in [6.07, 6.45) is 0. The topological polar surface area (TPSA) is 12.4 Å². The Kier molecular flexibility index (Phi) is 1.35. The van der Waals surface area contributed by atoms with E-state index >= 15 is 0 Å². The Balaban J connectivity index is 2.68. The molecular formula is C5H5NS. The number of rotatable bonds is 0. The molecule has 0 fully saturated rings. The molecule has 1 nitrogen and oxygen atoms in total. The summed E-state index contributed by atoms with van der Waals surface area (Å²) in [5.41, 5.74) is 4.58. The molecule has 1 aliphatic heterocycles. The second-order valence-electron chi connectivity index (χ2n) is 1.16. The third kappa shape index (κ3) is 0.952. The van der Waals surface area contributed by atoms with Gasteiger partial charge in [0.15, 0.2) is 0 Å². The average molecular weight is 111 g/mol. The van der Waals surface area contributed by atoms with E-state index in [1.807, 2.05) is 5.55 Å². The minimum atomic E-state index is 0.786. The Bertz CT molecular complexity index is 132. The fourth-order valence-electron chi connectivity index (χ4n) is 0.356. The summed E-state index contributed by atoms with van der Waals surface area (Å²) >= 11 is 1.59. The number of aliphatic imine (C=N–C) groups is 1. The van der Waals surface area contributed by atoms with E-state index in [9.17, 15) is 0 Å². The van der Waals surface area contributed by atoms with Gasteiger partial charge in [-0.1, -0.05) is 18.3 Å². The fourth-order valence-corrected chi connectivity index (χ4v) is 0.865. The van der Waals surface area contributed by atoms with Crippen molar-refractivity contribution < 1.29 is 0 Å². The lowest BCUT2D eigenvalue weighted by Crippen LogP contribution is -1.67. The fraction of sp³-hybridized carbons (Fsp3) is 0.200. The van der Waals surface area contributed by atoms with Crippen molar-refractivity contribution in [3.05, 3.63) is 17.2 Å². The summed E-state index contributed by atoms with van der Waals surface area (Å²) in [5, 5.41) is 0. The van der Waals surface area contributed by atoms with Crippen LogP contribution in [0.25, 0.3) is 0 Å². The predicted octanol–water partition coefficient (Wildman–Crippen LogP) is 1.43. The molecular weight excluding hydrogens is 106 g/mol. The first-order valence-corrected chi connectivity index (χ1v) is 2.85. The number of hydrogen-bond acceptors (Lipinski definition) is 2. The molecule has 1 heterocycles. The summed E-state index contributed by atoms with van der Waals surface area (Å²) in [5.74, 6) is 0. The highest BCUT2D eigenvalue weighted by Crippen LogP contribution is 2.16. The van der Waals surface area contributed by atoms with Crippen LogP contribution < -0.4 is 0 Å². The highest BCUT2D eigenvalue weighted by molar-refractivity contribution is 8.15. The number of thioether (sulfide) groups is 1. The molecule has 0 atom stereocenters. The Hall–Kier alpha value is -0.460. The Morgan fingerprint density at radius 3 is 3.14 bits per heavy atom. The van der Waals surface area contributed by atoms with Gasteiger partial charge < -0.3 is 0 Å². The molecule has 1 rings (SSSR count). The summed E-state index contributed by atoms with van der Waals surface area (Å²) in [7, 11) is 0. The molecule has 0 N–H and O–H groups in total. The van der Waals surface area contributed by atoms with Gasteiger partial charge in [0.25, 0.3) is 0 Å². The van der Waals surface area contributed by atoms with Gasteiger partial charge in [-0.15, -0.1) is 5.73 Å². The zero-order valence-electron chi connectivity index (χ0n) is 3.85. The summed E-state index contributed by atoms with van der Waals surface area (Å²) in [6.45, 7) is 4.27. The largest absolute Gasteiger partial charge is 0.280 e. The second kappa shape index (κ2) is 2.01. The van der Waals surface area contributed by atoms with Crippen LogP contribution in [0.1, 0.15) is 0 Å². The zero-order chi connectivity index (χ0) is 5.11. The minimum Gasteiger partial charge on any atom is -0.280 e. The van der Waals surface area contributed by atoms with Gasteiger partial charge in [0.2, 0.25) is 0 Å². The van der Waals surface area contributed by atoms with Crippen molar-refractivity contribution in [3.63, 3.8) is 0 Å². The van der Waals surface area contributed by atoms with Gasteiger partial charge in [-0.2, -0.15) is 0 Å². The first-order valence-electron chi connectivity index (χ1n) is 1.97. The third-order valence-electron chi connectivity index (χ3n) is 0.702. The van der Waals surface area contributed by atoms with Crippen LogP contribution >= 0.6 is 11.8 Å². The first kappa shape index (κ1) is 4.69. The van der Waals surface area contributed by atoms with Crippen LogP contribution in [-0.2, 0) is 0 Å². The average Bonchev–Trinajstić information content (AvgIpc) is 2.14. The quantitative estimate of drug-likeness (QED) is 0.431. The van der Waals surface area contributed by atoms with Crippen LogP contribution in [0.15, 0.2) is 22.2 Å². The van der Waals surface area contributed by atoms with E-state index < -0.39 is 0 Å². The molecule has 0 aliphatic carbocycles. The van der Waals surface area contributed by atoms with Gasteiger partial charge in [0.1, 0.15) is 0 Å². The van der Waals surface area contributed by atoms with Crippen molar-refractivity contribution in [2.45, 2.75) is 0 Å². The molecule has 0 radical (unpaired) electrons. The van der Waals surface area contributed by atoms with Crippen LogP contribution in [0.3, 0.4) is 0 Å². The lowest BCUT2D eigenvalue weighted by Gasteiger charge is -1.78. The van der Waals surface area contributed by atoms with Crippen LogP contribution in [0.5, 0.6) is 0 Å². The van der Waals surface area contributed by atoms with Gasteiger partial charge in [-0.3, -0.25) is 4.99 Å². The summed E-state index contributed by atoms with van der Waals surface area (Å²) in [6, 6.07) is 0. The predicted molar refractivity (Wildman–Crippen MR) is 33.6 cm³/mol. The Morgan fingerprint density at radius 2 is 2.86 bits per heavy atom. The van der Waals surface area contributed by atoms with E-state index in [4.69, 9.17) is 0 Å². The van der Waals surface area contributed by atoms with E-state index in [1.165, 1.54) is 0 Å². The van der Waals surface area contributed by atoms with E-state index in [0.29, 0.717) is 0 Å². The van der Waals surface area contributed by atoms with Gasteiger partial charge in [-0.25, -0.2) is 0 Å². The lowest BCUT2D eigenvalue weighted by molar-refractivity contribution is 1.27. The molecule has 0 bridgehead atoms. The SMILES string of the molecule is C=C=C1CN=CS1. The van der Waals surface area contributed by atoms with Crippen molar-refractivity contribution in [2.24, 2.45) is 4.99 Å². The molecule has 7 heavy (non-hydrogen) atoms. The van der Waals surface area contributed by atoms with E-state index in [2.05, 4.69) is 17.3 Å². The van der Waals surface area contributed by atoms with Crippen LogP contribution in [0.4, 0.5) is 0 Å². The molecule has 1 aliphatic rings. The molecule has 0 unspecified atom stereocenters. The standard InChI is InChI=1S/C5H5NS/c1-2-5-3-6-4-7-5/h4H,1,3H2. The van der Waals surface area contributed by atoms with Crippen molar-refractivity contribution in [3.8, 4) is 0 Å². The van der Waals surface area contributed by atoms with Crippen LogP contribution in [0, 0.1) is 0 Å². The van der Waals surface area contributed by atoms with E-state index in [1.54, 1.807) is 11.8 Å². The highest BCUT2D eigenvalue weighted by atomic mass is 32.2. The minimum absolute atomic E-state index is 0.786. The highest BCUT2D eigenvalue weighted by Gasteiger charge is 1.97. The van der Waals surface area contributed by atoms with Crippen LogP contribution in [0.2, 0.25) is 0 Å². The summed E-state index contributed by atoms with van der Waals surface area (Å²) in [4.78, 5) is 5.06. The number of nitrogens with zero attached hydrogens (tertiary/aromatic N) is 1. The maximum absolute atomic E-state index is 3.93. The maximum Gasteiger partial charge on any atom is 0.0782 e. The smallest absolute Gasteiger partial charge is 0.0782 e. The molecule has 0 aromatic carbocycles. The monoisotopic (exact) mass is 111 g/mol. The molecule has 0 aromatic heterocycles. The molecule has 0 aromatic rings. The van der Waals surface area contributed by atoms with Gasteiger partial charge in [0, 0.05) is 0 Å². The molecule has 0 saturated carbocycles. The lowest BCUT2D eigenvalue weighted by atomic mass is 10.6. The zero-order valence-corrected chi connectivity index (χ0v) is 4.66. The normalized spacial score (nSPS) is 17.4. The number of hydrogen-bond donors (Lipinski definition) is 0. The molecule has 36 valence electrons. The van der Waals surface area contributed by atoms with Crippen molar-refractivity contribution in [2.75, 3.05) is 6.54 Å². The molecule has 0 saturated heterocycles. The Morgan fingerprint density at radius 1 is 2.00 bits per heavy atom. The van der Waals surface area contributed by atoms with Gasteiger partial charge in [0.05, 0.1) is 17.0 Å². The first-order chi connectivity index (χ1) is 3.43. The second-order valence-corrected chi connectivity index (χ2v) is 2.10. The molecule has 2 heteroatoms. The third-order valence-corrected chi connectivity index (χ3v) is 1.51. The molecule has 0 amide bonds. The van der Waals surface area contributed by atoms with E-state index in [0.717, 1.165) is 11.4 Å².